The topological polar surface area (TPSA) is 104 Å². The molecule has 0 saturated carbocycles. The maximum Gasteiger partial charge on any atom is 0.340 e. The minimum Gasteiger partial charge on any atom is -0.494 e. The summed E-state index contributed by atoms with van der Waals surface area (Å²) in [6, 6.07) is 21.2. The van der Waals surface area contributed by atoms with Crippen LogP contribution in [0.15, 0.2) is 72.9 Å². The first-order valence-corrected chi connectivity index (χ1v) is 20.1. The average molecular weight is 819 g/mol. The Balaban J connectivity index is 1.26. The highest BCUT2D eigenvalue weighted by atomic mass is 35.5. The lowest BCUT2D eigenvalue weighted by molar-refractivity contribution is 0.0603. The van der Waals surface area contributed by atoms with E-state index in [-0.39, 0.29) is 11.9 Å². The molecule has 0 fully saturated rings. The molecule has 0 aliphatic carbocycles. The molecule has 0 saturated heterocycles. The summed E-state index contributed by atoms with van der Waals surface area (Å²) in [5.74, 6) is 0.608. The summed E-state index contributed by atoms with van der Waals surface area (Å²) in [6.45, 7) is 11.2. The van der Waals surface area contributed by atoms with Crippen molar-refractivity contribution in [2.24, 2.45) is 7.05 Å². The average Bonchev–Trinajstić information content (AvgIpc) is 3.87. The van der Waals surface area contributed by atoms with Crippen LogP contribution in [0.3, 0.4) is 0 Å². The predicted octanol–water partition coefficient (Wildman–Crippen LogP) is 10.7. The van der Waals surface area contributed by atoms with Gasteiger partial charge >= 0.3 is 5.97 Å². The van der Waals surface area contributed by atoms with E-state index in [4.69, 9.17) is 42.5 Å². The second-order valence-electron chi connectivity index (χ2n) is 15.1. The molecule has 1 atom stereocenters. The molecule has 1 aliphatic rings. The number of rotatable bonds is 11. The number of carbonyl (C=O) groups excluding carboxylic acids is 2. The number of hydrogen-bond donors (Lipinski definition) is 1. The quantitative estimate of drug-likeness (QED) is 0.103. The first-order chi connectivity index (χ1) is 27.9. The van der Waals surface area contributed by atoms with E-state index in [9.17, 15) is 4.79 Å². The van der Waals surface area contributed by atoms with Crippen LogP contribution in [0.25, 0.3) is 32.9 Å². The van der Waals surface area contributed by atoms with Gasteiger partial charge in [0.05, 0.1) is 46.7 Å². The van der Waals surface area contributed by atoms with Crippen LogP contribution in [0.2, 0.25) is 10.0 Å². The van der Waals surface area contributed by atoms with Crippen LogP contribution in [0.4, 0.5) is 5.69 Å². The summed E-state index contributed by atoms with van der Waals surface area (Å²) in [5, 5.41) is 7.61. The number of H-pyrrole nitrogens is 1. The van der Waals surface area contributed by atoms with Gasteiger partial charge in [0.25, 0.3) is 5.91 Å². The van der Waals surface area contributed by atoms with Gasteiger partial charge in [-0.1, -0.05) is 59.6 Å². The fraction of sp³-hybridized carbons (Fsp3) is 0.283. The smallest absolute Gasteiger partial charge is 0.340 e. The number of nitrogens with one attached hydrogen (secondary N) is 1. The largest absolute Gasteiger partial charge is 0.494 e. The molecule has 1 amide bonds. The Morgan fingerprint density at radius 2 is 1.66 bits per heavy atom. The third-order valence-corrected chi connectivity index (χ3v) is 12.2. The zero-order chi connectivity index (χ0) is 41.0. The highest BCUT2D eigenvalue weighted by Gasteiger charge is 2.38. The number of halogens is 2. The van der Waals surface area contributed by atoms with Crippen molar-refractivity contribution in [2.75, 3.05) is 25.2 Å². The summed E-state index contributed by atoms with van der Waals surface area (Å²) < 4.78 is 21.8. The Morgan fingerprint density at radius 3 is 2.34 bits per heavy atom. The number of methoxy groups -OCH3 is 1. The van der Waals surface area contributed by atoms with Crippen LogP contribution < -0.4 is 14.4 Å². The predicted molar refractivity (Wildman–Crippen MR) is 230 cm³/mol. The molecule has 1 N–H and O–H groups in total. The van der Waals surface area contributed by atoms with Gasteiger partial charge in [0.2, 0.25) is 0 Å². The van der Waals surface area contributed by atoms with Crippen molar-refractivity contribution in [1.29, 1.82) is 0 Å². The molecule has 4 aromatic carbocycles. The standard InChI is InChI=1S/C46H45Cl2N5O5/c1-25-18-31(19-26(2)41(25)48)57-17-11-14-33-34-15-16-37(47)40(39-28(4)50-51(6)29(39)5)43(34)53-27(3)23-52(45(54)44(33)53)38-21-32(58-24-30-12-9-8-10-13-30)20-35-36(46(55)56-7)22-49-42(35)38/h8-10,12-13,15-16,18-22,27,49H,11,14,17,23-24H2,1-7H3/t27-/m1/s1. The highest BCUT2D eigenvalue weighted by molar-refractivity contribution is 6.35. The number of anilines is 1. The van der Waals surface area contributed by atoms with Crippen LogP contribution in [0.5, 0.6) is 11.5 Å². The van der Waals surface area contributed by atoms with Gasteiger partial charge in [-0.3, -0.25) is 9.48 Å². The summed E-state index contributed by atoms with van der Waals surface area (Å²) in [7, 11) is 3.28. The number of aryl methyl sites for hydroxylation is 5. The molecule has 7 aromatic rings. The molecule has 10 nitrogen and oxygen atoms in total. The fourth-order valence-electron chi connectivity index (χ4n) is 8.44. The lowest BCUT2D eigenvalue weighted by Crippen LogP contribution is -2.42. The van der Waals surface area contributed by atoms with E-state index in [1.54, 1.807) is 11.1 Å². The summed E-state index contributed by atoms with van der Waals surface area (Å²) in [6.07, 6.45) is 2.83. The second-order valence-corrected chi connectivity index (χ2v) is 15.9. The van der Waals surface area contributed by atoms with Crippen molar-refractivity contribution >= 4 is 62.6 Å². The molecule has 4 heterocycles. The molecular formula is C46H45Cl2N5O5. The van der Waals surface area contributed by atoms with Gasteiger partial charge in [-0.05, 0) is 94.0 Å². The molecule has 298 valence electrons. The number of amides is 1. The van der Waals surface area contributed by atoms with Gasteiger partial charge in [0, 0.05) is 64.5 Å². The van der Waals surface area contributed by atoms with E-state index in [1.807, 2.05) is 106 Å². The zero-order valence-electron chi connectivity index (χ0n) is 33.6. The lowest BCUT2D eigenvalue weighted by Gasteiger charge is -2.34. The van der Waals surface area contributed by atoms with Gasteiger partial charge in [0.15, 0.2) is 0 Å². The number of carbonyl (C=O) groups is 2. The third-order valence-electron chi connectivity index (χ3n) is 11.3. The first-order valence-electron chi connectivity index (χ1n) is 19.3. The molecule has 0 bridgehead atoms. The zero-order valence-corrected chi connectivity index (χ0v) is 35.1. The molecular weight excluding hydrogens is 773 g/mol. The molecule has 0 spiro atoms. The van der Waals surface area contributed by atoms with Crippen LogP contribution in [0, 0.1) is 27.7 Å². The minimum atomic E-state index is -0.491. The van der Waals surface area contributed by atoms with Crippen molar-refractivity contribution in [3.63, 3.8) is 0 Å². The number of aromatic amines is 1. The van der Waals surface area contributed by atoms with E-state index < -0.39 is 5.97 Å². The van der Waals surface area contributed by atoms with Crippen LogP contribution >= 0.6 is 23.2 Å². The third kappa shape index (κ3) is 6.78. The van der Waals surface area contributed by atoms with Crippen molar-refractivity contribution in [1.82, 2.24) is 19.3 Å². The van der Waals surface area contributed by atoms with Gasteiger partial charge in [-0.25, -0.2) is 4.79 Å². The maximum atomic E-state index is 15.4. The number of esters is 1. The van der Waals surface area contributed by atoms with Crippen molar-refractivity contribution in [2.45, 2.75) is 60.1 Å². The van der Waals surface area contributed by atoms with Gasteiger partial charge in [0.1, 0.15) is 23.8 Å². The molecule has 0 unspecified atom stereocenters. The fourth-order valence-corrected chi connectivity index (χ4v) is 8.80. The van der Waals surface area contributed by atoms with Crippen molar-refractivity contribution < 1.29 is 23.8 Å². The normalized spacial score (nSPS) is 14.1. The number of aromatic nitrogens is 4. The molecule has 3 aromatic heterocycles. The van der Waals surface area contributed by atoms with E-state index in [0.29, 0.717) is 71.2 Å². The summed E-state index contributed by atoms with van der Waals surface area (Å²) in [4.78, 5) is 33.4. The van der Waals surface area contributed by atoms with Crippen molar-refractivity contribution in [3.05, 3.63) is 128 Å². The molecule has 1 aliphatic heterocycles. The highest BCUT2D eigenvalue weighted by Crippen LogP contribution is 2.46. The minimum absolute atomic E-state index is 0.174. The summed E-state index contributed by atoms with van der Waals surface area (Å²) in [5.41, 5.74) is 10.5. The molecule has 8 rings (SSSR count). The van der Waals surface area contributed by atoms with Gasteiger partial charge in [-0.15, -0.1) is 0 Å². The SMILES string of the molecule is COC(=O)c1c[nH]c2c(N3C[C@@H](C)n4c(c(CCCOc5cc(C)c(Cl)c(C)c5)c5ccc(Cl)c(-c6c(C)nn(C)c6C)c54)C3=O)cc(OCc3ccccc3)cc12. The Hall–Kier alpha value is -5.71. The monoisotopic (exact) mass is 817 g/mol. The lowest BCUT2D eigenvalue weighted by atomic mass is 9.98. The number of benzene rings is 4. The van der Waals surface area contributed by atoms with E-state index >= 15 is 4.79 Å². The number of ether oxygens (including phenoxy) is 3. The molecule has 0 radical (unpaired) electrons. The first kappa shape index (κ1) is 39.1. The Kier molecular flexibility index (Phi) is 10.5. The second kappa shape index (κ2) is 15.6. The van der Waals surface area contributed by atoms with E-state index in [1.165, 1.54) is 7.11 Å². The Bertz CT molecular complexity index is 2730. The van der Waals surface area contributed by atoms with Crippen molar-refractivity contribution in [3.8, 4) is 22.6 Å². The van der Waals surface area contributed by atoms with Gasteiger partial charge in [-0.2, -0.15) is 5.10 Å². The van der Waals surface area contributed by atoms with Crippen LogP contribution in [0.1, 0.15) is 73.9 Å². The van der Waals surface area contributed by atoms with Crippen LogP contribution in [-0.2, 0) is 24.8 Å². The number of fused-ring (bicyclic) bond motifs is 4. The molecule has 12 heteroatoms. The Labute approximate surface area is 347 Å². The Morgan fingerprint density at radius 1 is 0.931 bits per heavy atom. The molecule has 58 heavy (non-hydrogen) atoms. The summed E-state index contributed by atoms with van der Waals surface area (Å²) >= 11 is 13.6. The van der Waals surface area contributed by atoms with E-state index in [0.717, 1.165) is 66.4 Å². The van der Waals surface area contributed by atoms with Crippen LogP contribution in [-0.4, -0.2) is 51.5 Å². The maximum absolute atomic E-state index is 15.4. The number of hydrogen-bond acceptors (Lipinski definition) is 6. The van der Waals surface area contributed by atoms with Gasteiger partial charge < -0.3 is 28.7 Å². The number of nitrogens with zero attached hydrogens (tertiary/aromatic N) is 4. The van der Waals surface area contributed by atoms with E-state index in [2.05, 4.69) is 16.5 Å².